The molecule has 0 aromatic heterocycles. The van der Waals surface area contributed by atoms with Crippen LogP contribution in [0.4, 0.5) is 11.4 Å². The molecule has 0 fully saturated rings. The fraction of sp³-hybridized carbons (Fsp3) is 0.125. The van der Waals surface area contributed by atoms with Crippen molar-refractivity contribution in [1.82, 2.24) is 5.43 Å². The van der Waals surface area contributed by atoms with Gasteiger partial charge in [-0.05, 0) is 61.0 Å². The molecule has 0 heterocycles. The Hall–Kier alpha value is -4.13. The van der Waals surface area contributed by atoms with Crippen LogP contribution in [-0.4, -0.2) is 30.7 Å². The van der Waals surface area contributed by atoms with E-state index in [4.69, 9.17) is 4.74 Å². The molecule has 0 spiro atoms. The lowest BCUT2D eigenvalue weighted by molar-refractivity contribution is -0.119. The van der Waals surface area contributed by atoms with E-state index < -0.39 is 0 Å². The van der Waals surface area contributed by atoms with Gasteiger partial charge in [-0.15, -0.1) is 0 Å². The molecule has 3 aromatic carbocycles. The lowest BCUT2D eigenvalue weighted by atomic mass is 10.1. The summed E-state index contributed by atoms with van der Waals surface area (Å²) in [4.78, 5) is 23.9. The third-order valence-electron chi connectivity index (χ3n) is 4.27. The van der Waals surface area contributed by atoms with E-state index in [1.54, 1.807) is 19.1 Å². The minimum absolute atomic E-state index is 0.0915. The Morgan fingerprint density at radius 2 is 1.42 bits per heavy atom. The Labute approximate surface area is 181 Å². The number of nitrogens with one attached hydrogen (secondary N) is 3. The topological polar surface area (TPSA) is 91.8 Å². The number of para-hydroxylation sites is 2. The van der Waals surface area contributed by atoms with Crippen LogP contribution in [0.5, 0.6) is 5.75 Å². The molecule has 3 rings (SSSR count). The number of carbonyl (C=O) groups is 2. The van der Waals surface area contributed by atoms with Crippen molar-refractivity contribution in [2.75, 3.05) is 23.8 Å². The van der Waals surface area contributed by atoms with Gasteiger partial charge in [0.15, 0.2) is 6.61 Å². The fourth-order valence-electron chi connectivity index (χ4n) is 2.65. The predicted octanol–water partition coefficient (Wildman–Crippen LogP) is 3.66. The Morgan fingerprint density at radius 3 is 2.06 bits per heavy atom. The summed E-state index contributed by atoms with van der Waals surface area (Å²) >= 11 is 0. The van der Waals surface area contributed by atoms with Crippen molar-refractivity contribution in [2.45, 2.75) is 6.92 Å². The van der Waals surface area contributed by atoms with Gasteiger partial charge in [0.2, 0.25) is 0 Å². The monoisotopic (exact) mass is 416 g/mol. The van der Waals surface area contributed by atoms with Crippen molar-refractivity contribution in [3.05, 3.63) is 90.5 Å². The first-order chi connectivity index (χ1) is 15.1. The summed E-state index contributed by atoms with van der Waals surface area (Å²) in [5.74, 6) is 0.0864. The third kappa shape index (κ3) is 7.32. The molecule has 0 bridgehead atoms. The summed E-state index contributed by atoms with van der Waals surface area (Å²) in [7, 11) is 0. The largest absolute Gasteiger partial charge is 0.484 e. The number of hydrazone groups is 1. The maximum Gasteiger partial charge on any atom is 0.262 e. The lowest BCUT2D eigenvalue weighted by Crippen LogP contribution is -2.26. The summed E-state index contributed by atoms with van der Waals surface area (Å²) < 4.78 is 5.52. The summed E-state index contributed by atoms with van der Waals surface area (Å²) in [6.45, 7) is 1.83. The summed E-state index contributed by atoms with van der Waals surface area (Å²) in [6.07, 6.45) is 0. The second-order valence-electron chi connectivity index (χ2n) is 6.68. The van der Waals surface area contributed by atoms with E-state index in [1.807, 2.05) is 72.8 Å². The van der Waals surface area contributed by atoms with Crippen molar-refractivity contribution in [2.24, 2.45) is 5.10 Å². The number of hydrogen-bond donors (Lipinski definition) is 3. The van der Waals surface area contributed by atoms with Gasteiger partial charge in [0.25, 0.3) is 11.8 Å². The maximum atomic E-state index is 12.0. The average Bonchev–Trinajstić information content (AvgIpc) is 2.81. The molecule has 0 radical (unpaired) electrons. The number of nitrogens with zero attached hydrogens (tertiary/aromatic N) is 1. The van der Waals surface area contributed by atoms with Crippen LogP contribution in [0.3, 0.4) is 0 Å². The summed E-state index contributed by atoms with van der Waals surface area (Å²) in [5.41, 5.74) is 5.61. The van der Waals surface area contributed by atoms with Crippen LogP contribution >= 0.6 is 0 Å². The molecule has 7 heteroatoms. The van der Waals surface area contributed by atoms with Gasteiger partial charge in [0.1, 0.15) is 5.75 Å². The number of benzene rings is 3. The number of hydrogen-bond acceptors (Lipinski definition) is 5. The first kappa shape index (κ1) is 21.6. The van der Waals surface area contributed by atoms with Gasteiger partial charge in [-0.1, -0.05) is 36.4 Å². The molecule has 0 atom stereocenters. The molecule has 0 unspecified atom stereocenters. The van der Waals surface area contributed by atoms with Crippen molar-refractivity contribution in [3.8, 4) is 5.75 Å². The van der Waals surface area contributed by atoms with Crippen LogP contribution < -0.4 is 20.8 Å². The molecule has 0 saturated carbocycles. The quantitative estimate of drug-likeness (QED) is 0.367. The Kier molecular flexibility index (Phi) is 7.77. The highest BCUT2D eigenvalue weighted by atomic mass is 16.5. The van der Waals surface area contributed by atoms with Gasteiger partial charge >= 0.3 is 0 Å². The van der Waals surface area contributed by atoms with Gasteiger partial charge in [-0.25, -0.2) is 5.43 Å². The molecule has 0 aliphatic carbocycles. The predicted molar refractivity (Wildman–Crippen MR) is 122 cm³/mol. The number of amides is 2. The van der Waals surface area contributed by atoms with E-state index in [2.05, 4.69) is 21.2 Å². The standard InChI is InChI=1S/C24H24N4O3/c1-18(27-28-23(29)16-25-20-8-4-2-5-9-20)19-12-14-22(15-13-19)31-17-24(30)26-21-10-6-3-7-11-21/h2-15,25H,16-17H2,1H3,(H,26,30)(H,28,29)/b27-18-. The zero-order valence-corrected chi connectivity index (χ0v) is 17.2. The van der Waals surface area contributed by atoms with E-state index >= 15 is 0 Å². The fourth-order valence-corrected chi connectivity index (χ4v) is 2.65. The zero-order chi connectivity index (χ0) is 21.9. The van der Waals surface area contributed by atoms with E-state index in [0.717, 1.165) is 16.9 Å². The van der Waals surface area contributed by atoms with Gasteiger partial charge in [-0.3, -0.25) is 9.59 Å². The van der Waals surface area contributed by atoms with Gasteiger partial charge in [-0.2, -0.15) is 5.10 Å². The van der Waals surface area contributed by atoms with Crippen LogP contribution in [0.2, 0.25) is 0 Å². The molecule has 158 valence electrons. The first-order valence-electron chi connectivity index (χ1n) is 9.80. The van der Waals surface area contributed by atoms with Crippen molar-refractivity contribution in [3.63, 3.8) is 0 Å². The molecular weight excluding hydrogens is 392 g/mol. The van der Waals surface area contributed by atoms with Crippen molar-refractivity contribution in [1.29, 1.82) is 0 Å². The lowest BCUT2D eigenvalue weighted by Gasteiger charge is -2.08. The van der Waals surface area contributed by atoms with E-state index in [1.165, 1.54) is 0 Å². The van der Waals surface area contributed by atoms with Crippen LogP contribution in [-0.2, 0) is 9.59 Å². The molecule has 0 saturated heterocycles. The molecule has 31 heavy (non-hydrogen) atoms. The van der Waals surface area contributed by atoms with Gasteiger partial charge < -0.3 is 15.4 Å². The normalized spacial score (nSPS) is 10.8. The van der Waals surface area contributed by atoms with E-state index in [0.29, 0.717) is 11.5 Å². The number of ether oxygens (including phenoxy) is 1. The summed E-state index contributed by atoms with van der Waals surface area (Å²) in [6, 6.07) is 25.8. The van der Waals surface area contributed by atoms with Crippen LogP contribution in [0.1, 0.15) is 12.5 Å². The molecule has 0 aliphatic heterocycles. The average molecular weight is 416 g/mol. The van der Waals surface area contributed by atoms with E-state index in [-0.39, 0.29) is 25.0 Å². The molecular formula is C24H24N4O3. The van der Waals surface area contributed by atoms with Gasteiger partial charge in [0.05, 0.1) is 12.3 Å². The highest BCUT2D eigenvalue weighted by Gasteiger charge is 2.05. The zero-order valence-electron chi connectivity index (χ0n) is 17.2. The Bertz CT molecular complexity index is 1020. The van der Waals surface area contributed by atoms with Crippen LogP contribution in [0.25, 0.3) is 0 Å². The minimum Gasteiger partial charge on any atom is -0.484 e. The minimum atomic E-state index is -0.243. The third-order valence-corrected chi connectivity index (χ3v) is 4.27. The Balaban J connectivity index is 1.44. The van der Waals surface area contributed by atoms with Crippen molar-refractivity contribution >= 4 is 28.9 Å². The number of rotatable bonds is 9. The first-order valence-corrected chi connectivity index (χ1v) is 9.80. The van der Waals surface area contributed by atoms with Crippen molar-refractivity contribution < 1.29 is 14.3 Å². The summed E-state index contributed by atoms with van der Waals surface area (Å²) in [5, 5.41) is 9.91. The van der Waals surface area contributed by atoms with Gasteiger partial charge in [0, 0.05) is 11.4 Å². The molecule has 3 aromatic rings. The molecule has 3 N–H and O–H groups in total. The number of carbonyl (C=O) groups excluding carboxylic acids is 2. The van der Waals surface area contributed by atoms with Crippen LogP contribution in [0, 0.1) is 0 Å². The van der Waals surface area contributed by atoms with E-state index in [9.17, 15) is 9.59 Å². The molecule has 0 aliphatic rings. The molecule has 2 amide bonds. The van der Waals surface area contributed by atoms with Crippen LogP contribution in [0.15, 0.2) is 90.0 Å². The highest BCUT2D eigenvalue weighted by Crippen LogP contribution is 2.13. The highest BCUT2D eigenvalue weighted by molar-refractivity contribution is 5.99. The smallest absolute Gasteiger partial charge is 0.262 e. The molecule has 7 nitrogen and oxygen atoms in total. The maximum absolute atomic E-state index is 12.0. The second-order valence-corrected chi connectivity index (χ2v) is 6.68. The Morgan fingerprint density at radius 1 is 0.806 bits per heavy atom. The SMILES string of the molecule is C/C(=N/NC(=O)CNc1ccccc1)c1ccc(OCC(=O)Nc2ccccc2)cc1. The number of anilines is 2. The second kappa shape index (κ2) is 11.2.